The molecule has 0 amide bonds. The highest BCUT2D eigenvalue weighted by molar-refractivity contribution is 7.11. The van der Waals surface area contributed by atoms with E-state index in [0.29, 0.717) is 23.2 Å². The molecule has 0 radical (unpaired) electrons. The van der Waals surface area contributed by atoms with Gasteiger partial charge in [-0.3, -0.25) is 0 Å². The molecule has 0 fully saturated rings. The van der Waals surface area contributed by atoms with Crippen LogP contribution in [-0.2, 0) is 13.0 Å². The summed E-state index contributed by atoms with van der Waals surface area (Å²) >= 11 is 1.41. The molecule has 0 spiro atoms. The first-order chi connectivity index (χ1) is 9.06. The largest absolute Gasteiger partial charge is 0.308 e. The summed E-state index contributed by atoms with van der Waals surface area (Å²) in [6, 6.07) is 4.53. The number of nitrogens with one attached hydrogen (secondary N) is 1. The van der Waals surface area contributed by atoms with Crippen LogP contribution in [0, 0.1) is 11.6 Å². The van der Waals surface area contributed by atoms with Crippen molar-refractivity contribution in [1.29, 1.82) is 0 Å². The van der Waals surface area contributed by atoms with Gasteiger partial charge in [-0.2, -0.15) is 0 Å². The second kappa shape index (κ2) is 6.16. The van der Waals surface area contributed by atoms with Crippen molar-refractivity contribution < 1.29 is 8.78 Å². The zero-order valence-electron chi connectivity index (χ0n) is 10.8. The van der Waals surface area contributed by atoms with E-state index in [4.69, 9.17) is 0 Å². The fourth-order valence-corrected chi connectivity index (χ4v) is 2.39. The average molecular weight is 283 g/mol. The summed E-state index contributed by atoms with van der Waals surface area (Å²) in [5, 5.41) is 12.8. The SMILES string of the molecule is CC(C)NCc1nnc(Cc2cccc(F)c2F)s1. The number of halogens is 2. The third kappa shape index (κ3) is 3.78. The van der Waals surface area contributed by atoms with E-state index in [1.165, 1.54) is 17.4 Å². The van der Waals surface area contributed by atoms with Gasteiger partial charge >= 0.3 is 0 Å². The number of aromatic nitrogens is 2. The van der Waals surface area contributed by atoms with Gasteiger partial charge in [0, 0.05) is 19.0 Å². The lowest BCUT2D eigenvalue weighted by atomic mass is 10.1. The van der Waals surface area contributed by atoms with Gasteiger partial charge in [0.15, 0.2) is 11.6 Å². The first kappa shape index (κ1) is 14.0. The average Bonchev–Trinajstić information content (AvgIpc) is 2.80. The van der Waals surface area contributed by atoms with Gasteiger partial charge in [-0.05, 0) is 11.6 Å². The Balaban J connectivity index is 2.05. The van der Waals surface area contributed by atoms with Crippen molar-refractivity contribution in [3.8, 4) is 0 Å². The molecule has 1 aromatic carbocycles. The molecule has 2 aromatic rings. The maximum atomic E-state index is 13.5. The van der Waals surface area contributed by atoms with Gasteiger partial charge in [-0.15, -0.1) is 10.2 Å². The first-order valence-corrected chi connectivity index (χ1v) is 6.85. The Morgan fingerprint density at radius 2 is 1.95 bits per heavy atom. The van der Waals surface area contributed by atoms with Crippen LogP contribution in [0.3, 0.4) is 0 Å². The topological polar surface area (TPSA) is 37.8 Å². The highest BCUT2D eigenvalue weighted by Gasteiger charge is 2.11. The molecule has 1 heterocycles. The quantitative estimate of drug-likeness (QED) is 0.917. The van der Waals surface area contributed by atoms with E-state index in [9.17, 15) is 8.78 Å². The Labute approximate surface area is 114 Å². The fourth-order valence-electron chi connectivity index (χ4n) is 1.57. The highest BCUT2D eigenvalue weighted by atomic mass is 32.1. The van der Waals surface area contributed by atoms with Gasteiger partial charge in [0.25, 0.3) is 0 Å². The van der Waals surface area contributed by atoms with Crippen LogP contribution in [0.1, 0.15) is 29.4 Å². The minimum atomic E-state index is -0.830. The van der Waals surface area contributed by atoms with Crippen LogP contribution in [0.4, 0.5) is 8.78 Å². The van der Waals surface area contributed by atoms with E-state index in [2.05, 4.69) is 15.5 Å². The van der Waals surface area contributed by atoms with Gasteiger partial charge in [0.2, 0.25) is 0 Å². The second-order valence-corrected chi connectivity index (χ2v) is 5.66. The standard InChI is InChI=1S/C13H15F2N3S/c1-8(2)16-7-12-18-17-11(19-12)6-9-4-3-5-10(14)13(9)15/h3-5,8,16H,6-7H2,1-2H3. The second-order valence-electron chi connectivity index (χ2n) is 4.51. The molecule has 2 rings (SSSR count). The Bertz CT molecular complexity index is 555. The lowest BCUT2D eigenvalue weighted by molar-refractivity contribution is 0.500. The number of rotatable bonds is 5. The Morgan fingerprint density at radius 1 is 1.21 bits per heavy atom. The summed E-state index contributed by atoms with van der Waals surface area (Å²) in [6.45, 7) is 4.73. The van der Waals surface area contributed by atoms with Crippen molar-refractivity contribution in [3.05, 3.63) is 45.4 Å². The summed E-state index contributed by atoms with van der Waals surface area (Å²) in [5.74, 6) is -1.64. The Hall–Kier alpha value is -1.40. The van der Waals surface area contributed by atoms with Crippen molar-refractivity contribution in [1.82, 2.24) is 15.5 Å². The van der Waals surface area contributed by atoms with Gasteiger partial charge in [0.05, 0.1) is 0 Å². The lowest BCUT2D eigenvalue weighted by Gasteiger charge is -2.03. The third-order valence-corrected chi connectivity index (χ3v) is 3.47. The molecule has 1 N–H and O–H groups in total. The highest BCUT2D eigenvalue weighted by Crippen LogP contribution is 2.18. The lowest BCUT2D eigenvalue weighted by Crippen LogP contribution is -2.21. The molecule has 0 bridgehead atoms. The van der Waals surface area contributed by atoms with Crippen LogP contribution >= 0.6 is 11.3 Å². The van der Waals surface area contributed by atoms with Crippen molar-refractivity contribution in [2.24, 2.45) is 0 Å². The summed E-state index contributed by atoms with van der Waals surface area (Å²) in [4.78, 5) is 0. The van der Waals surface area contributed by atoms with Gasteiger partial charge in [-0.25, -0.2) is 8.78 Å². The Kier molecular flexibility index (Phi) is 4.55. The monoisotopic (exact) mass is 283 g/mol. The number of hydrogen-bond acceptors (Lipinski definition) is 4. The van der Waals surface area contributed by atoms with E-state index in [-0.39, 0.29) is 6.42 Å². The molecule has 0 aliphatic heterocycles. The zero-order valence-corrected chi connectivity index (χ0v) is 11.6. The molecular weight excluding hydrogens is 268 g/mol. The molecule has 1 aromatic heterocycles. The molecule has 6 heteroatoms. The number of benzene rings is 1. The molecule has 0 saturated heterocycles. The van der Waals surface area contributed by atoms with E-state index < -0.39 is 11.6 Å². The predicted octanol–water partition coefficient (Wildman–Crippen LogP) is 2.91. The van der Waals surface area contributed by atoms with Gasteiger partial charge in [0.1, 0.15) is 10.0 Å². The van der Waals surface area contributed by atoms with Crippen molar-refractivity contribution in [2.45, 2.75) is 32.9 Å². The smallest absolute Gasteiger partial charge is 0.162 e. The maximum Gasteiger partial charge on any atom is 0.162 e. The summed E-state index contributed by atoms with van der Waals surface area (Å²) in [6.07, 6.45) is 0.267. The van der Waals surface area contributed by atoms with E-state index in [1.54, 1.807) is 6.07 Å². The molecule has 3 nitrogen and oxygen atoms in total. The van der Waals surface area contributed by atoms with Crippen LogP contribution in [0.15, 0.2) is 18.2 Å². The number of hydrogen-bond donors (Lipinski definition) is 1. The maximum absolute atomic E-state index is 13.5. The van der Waals surface area contributed by atoms with Crippen LogP contribution in [-0.4, -0.2) is 16.2 Å². The minimum Gasteiger partial charge on any atom is -0.308 e. The number of nitrogens with zero attached hydrogens (tertiary/aromatic N) is 2. The van der Waals surface area contributed by atoms with Crippen molar-refractivity contribution in [2.75, 3.05) is 0 Å². The van der Waals surface area contributed by atoms with Gasteiger partial charge < -0.3 is 5.32 Å². The molecule has 19 heavy (non-hydrogen) atoms. The van der Waals surface area contributed by atoms with E-state index >= 15 is 0 Å². The summed E-state index contributed by atoms with van der Waals surface area (Å²) in [7, 11) is 0. The molecular formula is C13H15F2N3S. The normalized spacial score (nSPS) is 11.2. The molecule has 0 aliphatic carbocycles. The molecule has 0 unspecified atom stereocenters. The van der Waals surface area contributed by atoms with E-state index in [1.807, 2.05) is 13.8 Å². The third-order valence-electron chi connectivity index (χ3n) is 2.54. The predicted molar refractivity (Wildman–Crippen MR) is 71.0 cm³/mol. The van der Waals surface area contributed by atoms with Crippen LogP contribution in [0.25, 0.3) is 0 Å². The molecule has 0 aliphatic rings. The fraction of sp³-hybridized carbons (Fsp3) is 0.385. The van der Waals surface area contributed by atoms with Crippen LogP contribution < -0.4 is 5.32 Å². The van der Waals surface area contributed by atoms with Crippen molar-refractivity contribution >= 4 is 11.3 Å². The molecule has 0 saturated carbocycles. The van der Waals surface area contributed by atoms with Crippen molar-refractivity contribution in [3.63, 3.8) is 0 Å². The van der Waals surface area contributed by atoms with Crippen LogP contribution in [0.2, 0.25) is 0 Å². The van der Waals surface area contributed by atoms with Crippen LogP contribution in [0.5, 0.6) is 0 Å². The zero-order chi connectivity index (χ0) is 13.8. The molecule has 0 atom stereocenters. The summed E-state index contributed by atoms with van der Waals surface area (Å²) in [5.41, 5.74) is 0.305. The first-order valence-electron chi connectivity index (χ1n) is 6.04. The summed E-state index contributed by atoms with van der Waals surface area (Å²) < 4.78 is 26.6. The van der Waals surface area contributed by atoms with E-state index in [0.717, 1.165) is 11.1 Å². The van der Waals surface area contributed by atoms with Gasteiger partial charge in [-0.1, -0.05) is 37.3 Å². The molecule has 102 valence electrons. The Morgan fingerprint density at radius 3 is 2.68 bits per heavy atom. The minimum absolute atomic E-state index is 0.267.